The number of carbonyl (C=O) groups excluding carboxylic acids is 1. The minimum absolute atomic E-state index is 0.0577. The summed E-state index contributed by atoms with van der Waals surface area (Å²) >= 11 is 0. The number of hydrogen-bond acceptors (Lipinski definition) is 4. The van der Waals surface area contributed by atoms with Crippen LogP contribution in [0.4, 0.5) is 5.69 Å². The fraction of sp³-hybridized carbons (Fsp3) is 0.316. The largest absolute Gasteiger partial charge is 0.377 e. The highest BCUT2D eigenvalue weighted by atomic mass is 32.2. The maximum atomic E-state index is 12.3. The average Bonchev–Trinajstić information content (AvgIpc) is 3.14. The number of sulfonamides is 1. The van der Waals surface area contributed by atoms with Crippen molar-refractivity contribution in [3.8, 4) is 0 Å². The second-order valence-corrected chi connectivity index (χ2v) is 8.10. The summed E-state index contributed by atoms with van der Waals surface area (Å²) in [6, 6.07) is 13.4. The third-order valence-corrected chi connectivity index (χ3v) is 5.67. The molecule has 1 heterocycles. The van der Waals surface area contributed by atoms with Crippen LogP contribution in [0.5, 0.6) is 0 Å². The average molecular weight is 374 g/mol. The Morgan fingerprint density at radius 1 is 1.19 bits per heavy atom. The molecule has 2 aromatic rings. The van der Waals surface area contributed by atoms with Gasteiger partial charge in [0.15, 0.2) is 0 Å². The van der Waals surface area contributed by atoms with Crippen molar-refractivity contribution in [2.75, 3.05) is 18.5 Å². The maximum Gasteiger partial charge on any atom is 0.255 e. The molecule has 0 aliphatic carbocycles. The maximum absolute atomic E-state index is 12.3. The summed E-state index contributed by atoms with van der Waals surface area (Å²) in [4.78, 5) is 12.4. The van der Waals surface area contributed by atoms with Crippen LogP contribution in [0.15, 0.2) is 53.4 Å². The van der Waals surface area contributed by atoms with E-state index in [1.54, 1.807) is 24.3 Å². The lowest BCUT2D eigenvalue weighted by Gasteiger charge is -2.12. The summed E-state index contributed by atoms with van der Waals surface area (Å²) in [6.45, 7) is 2.87. The normalized spacial score (nSPS) is 17.2. The molecule has 1 saturated heterocycles. The topological polar surface area (TPSA) is 84.5 Å². The molecule has 2 aromatic carbocycles. The lowest BCUT2D eigenvalue weighted by Crippen LogP contribution is -2.31. The van der Waals surface area contributed by atoms with Gasteiger partial charge in [-0.15, -0.1) is 0 Å². The first-order valence-corrected chi connectivity index (χ1v) is 10.0. The molecule has 1 amide bonds. The van der Waals surface area contributed by atoms with Crippen LogP contribution in [0.25, 0.3) is 0 Å². The summed E-state index contributed by atoms with van der Waals surface area (Å²) in [5.41, 5.74) is 2.09. The molecule has 1 aliphatic heterocycles. The summed E-state index contributed by atoms with van der Waals surface area (Å²) in [6.07, 6.45) is 1.77. The van der Waals surface area contributed by atoms with E-state index in [0.29, 0.717) is 17.9 Å². The molecule has 2 N–H and O–H groups in total. The Kier molecular flexibility index (Phi) is 5.70. The molecule has 0 bridgehead atoms. The number of anilines is 1. The van der Waals surface area contributed by atoms with Gasteiger partial charge in [-0.2, -0.15) is 0 Å². The van der Waals surface area contributed by atoms with Gasteiger partial charge in [0.1, 0.15) is 0 Å². The van der Waals surface area contributed by atoms with Crippen LogP contribution in [-0.2, 0) is 14.8 Å². The molecule has 1 fully saturated rings. The van der Waals surface area contributed by atoms with Crippen molar-refractivity contribution in [3.05, 3.63) is 59.7 Å². The third kappa shape index (κ3) is 4.69. The Morgan fingerprint density at radius 2 is 1.96 bits per heavy atom. The predicted octanol–water partition coefficient (Wildman–Crippen LogP) is 2.70. The van der Waals surface area contributed by atoms with Crippen LogP contribution in [0.1, 0.15) is 28.8 Å². The standard InChI is InChI=1S/C19H22N2O4S/c1-14-4-2-5-15(12-14)19(22)21-16-7-9-18(10-8-16)26(23,24)20-13-17-6-3-11-25-17/h2,4-5,7-10,12,17,20H,3,6,11,13H2,1H3,(H,21,22)/t17-/m1/s1. The predicted molar refractivity (Wildman–Crippen MR) is 99.7 cm³/mol. The molecule has 0 spiro atoms. The van der Waals surface area contributed by atoms with Gasteiger partial charge >= 0.3 is 0 Å². The fourth-order valence-corrected chi connectivity index (χ4v) is 3.86. The number of amides is 1. The minimum atomic E-state index is -3.59. The molecular formula is C19H22N2O4S. The van der Waals surface area contributed by atoms with Crippen molar-refractivity contribution in [2.45, 2.75) is 30.8 Å². The number of hydrogen-bond donors (Lipinski definition) is 2. The number of nitrogens with one attached hydrogen (secondary N) is 2. The highest BCUT2D eigenvalue weighted by molar-refractivity contribution is 7.89. The number of ether oxygens (including phenoxy) is 1. The van der Waals surface area contributed by atoms with Crippen LogP contribution < -0.4 is 10.0 Å². The molecule has 138 valence electrons. The Labute approximate surface area is 153 Å². The highest BCUT2D eigenvalue weighted by Gasteiger charge is 2.20. The molecule has 1 atom stereocenters. The molecule has 7 heteroatoms. The number of carbonyl (C=O) groups is 1. The monoisotopic (exact) mass is 374 g/mol. The van der Waals surface area contributed by atoms with Gasteiger partial charge in [-0.25, -0.2) is 13.1 Å². The van der Waals surface area contributed by atoms with E-state index in [-0.39, 0.29) is 23.5 Å². The summed E-state index contributed by atoms with van der Waals surface area (Å²) in [5.74, 6) is -0.235. The van der Waals surface area contributed by atoms with Crippen molar-refractivity contribution in [3.63, 3.8) is 0 Å². The van der Waals surface area contributed by atoms with Crippen LogP contribution >= 0.6 is 0 Å². The van der Waals surface area contributed by atoms with Crippen LogP contribution in [0.3, 0.4) is 0 Å². The molecule has 0 aromatic heterocycles. The van der Waals surface area contributed by atoms with Crippen molar-refractivity contribution >= 4 is 21.6 Å². The smallest absolute Gasteiger partial charge is 0.255 e. The van der Waals surface area contributed by atoms with Gasteiger partial charge in [0.2, 0.25) is 10.0 Å². The van der Waals surface area contributed by atoms with Gasteiger partial charge in [-0.1, -0.05) is 17.7 Å². The first-order chi connectivity index (χ1) is 12.4. The summed E-state index contributed by atoms with van der Waals surface area (Å²) < 4.78 is 32.6. The molecular weight excluding hydrogens is 352 g/mol. The van der Waals surface area contributed by atoms with Gasteiger partial charge in [0, 0.05) is 24.4 Å². The minimum Gasteiger partial charge on any atom is -0.377 e. The molecule has 0 unspecified atom stereocenters. The van der Waals surface area contributed by atoms with Crippen LogP contribution in [0, 0.1) is 6.92 Å². The van der Waals surface area contributed by atoms with E-state index in [9.17, 15) is 13.2 Å². The number of aryl methyl sites for hydroxylation is 1. The van der Waals surface area contributed by atoms with E-state index in [1.807, 2.05) is 19.1 Å². The van der Waals surface area contributed by atoms with Crippen molar-refractivity contribution in [1.29, 1.82) is 0 Å². The highest BCUT2D eigenvalue weighted by Crippen LogP contribution is 2.17. The Morgan fingerprint density at radius 3 is 2.62 bits per heavy atom. The quantitative estimate of drug-likeness (QED) is 0.814. The molecule has 1 aliphatic rings. The van der Waals surface area contributed by atoms with Crippen LogP contribution in [-0.4, -0.2) is 33.6 Å². The van der Waals surface area contributed by atoms with E-state index in [4.69, 9.17) is 4.74 Å². The zero-order chi connectivity index (χ0) is 18.6. The summed E-state index contributed by atoms with van der Waals surface area (Å²) in [7, 11) is -3.59. The van der Waals surface area contributed by atoms with Crippen molar-refractivity contribution in [2.24, 2.45) is 0 Å². The van der Waals surface area contributed by atoms with Gasteiger partial charge in [-0.05, 0) is 56.2 Å². The lowest BCUT2D eigenvalue weighted by atomic mass is 10.1. The Bertz CT molecular complexity index is 873. The van der Waals surface area contributed by atoms with E-state index in [2.05, 4.69) is 10.0 Å². The van der Waals surface area contributed by atoms with E-state index >= 15 is 0 Å². The van der Waals surface area contributed by atoms with Crippen LogP contribution in [0.2, 0.25) is 0 Å². The number of rotatable bonds is 6. The number of benzene rings is 2. The van der Waals surface area contributed by atoms with E-state index in [1.165, 1.54) is 12.1 Å². The second-order valence-electron chi connectivity index (χ2n) is 6.33. The molecule has 6 nitrogen and oxygen atoms in total. The zero-order valence-corrected chi connectivity index (χ0v) is 15.4. The molecule has 0 saturated carbocycles. The van der Waals surface area contributed by atoms with Gasteiger partial charge in [0.25, 0.3) is 5.91 Å². The van der Waals surface area contributed by atoms with Gasteiger partial charge < -0.3 is 10.1 Å². The van der Waals surface area contributed by atoms with Crippen molar-refractivity contribution in [1.82, 2.24) is 4.72 Å². The van der Waals surface area contributed by atoms with Gasteiger partial charge in [0.05, 0.1) is 11.0 Å². The molecule has 0 radical (unpaired) electrons. The van der Waals surface area contributed by atoms with Crippen molar-refractivity contribution < 1.29 is 17.9 Å². The second kappa shape index (κ2) is 7.99. The Balaban J connectivity index is 1.63. The Hall–Kier alpha value is -2.22. The lowest BCUT2D eigenvalue weighted by molar-refractivity contribution is 0.102. The molecule has 26 heavy (non-hydrogen) atoms. The molecule has 3 rings (SSSR count). The third-order valence-electron chi connectivity index (χ3n) is 4.23. The van der Waals surface area contributed by atoms with E-state index < -0.39 is 10.0 Å². The first kappa shape index (κ1) is 18.6. The SMILES string of the molecule is Cc1cccc(C(=O)Nc2ccc(S(=O)(=O)NC[C@H]3CCCO3)cc2)c1. The fourth-order valence-electron chi connectivity index (χ4n) is 2.80. The first-order valence-electron chi connectivity index (χ1n) is 8.53. The van der Waals surface area contributed by atoms with E-state index in [0.717, 1.165) is 18.4 Å². The van der Waals surface area contributed by atoms with Gasteiger partial charge in [-0.3, -0.25) is 4.79 Å². The summed E-state index contributed by atoms with van der Waals surface area (Å²) in [5, 5.41) is 2.77. The zero-order valence-electron chi connectivity index (χ0n) is 14.6.